The average molecular weight is 227 g/mol. The van der Waals surface area contributed by atoms with Crippen LogP contribution < -0.4 is 5.32 Å². The second kappa shape index (κ2) is 6.05. The summed E-state index contributed by atoms with van der Waals surface area (Å²) in [6.45, 7) is 0.412. The maximum absolute atomic E-state index is 11.5. The van der Waals surface area contributed by atoms with Crippen LogP contribution in [0.15, 0.2) is 0 Å². The van der Waals surface area contributed by atoms with Gasteiger partial charge in [0.25, 0.3) is 0 Å². The van der Waals surface area contributed by atoms with Gasteiger partial charge in [0.15, 0.2) is 0 Å². The van der Waals surface area contributed by atoms with E-state index in [-0.39, 0.29) is 19.7 Å². The van der Waals surface area contributed by atoms with Gasteiger partial charge in [-0.1, -0.05) is 0 Å². The number of aliphatic hydroxyl groups excluding tert-OH is 1. The third-order valence-electron chi connectivity index (χ3n) is 2.15. The fourth-order valence-corrected chi connectivity index (χ4v) is 1.35. The number of hydrogen-bond acceptors (Lipinski definition) is 5. The number of aliphatic hydroxyl groups is 1. The van der Waals surface area contributed by atoms with Gasteiger partial charge in [0.05, 0.1) is 25.4 Å². The molecule has 1 aliphatic heterocycles. The lowest BCUT2D eigenvalue weighted by Crippen LogP contribution is -2.51. The third kappa shape index (κ3) is 3.18. The van der Waals surface area contributed by atoms with Crippen molar-refractivity contribution in [2.75, 3.05) is 32.8 Å². The van der Waals surface area contributed by atoms with Crippen molar-refractivity contribution in [1.29, 1.82) is 5.26 Å². The molecule has 1 rings (SSSR count). The van der Waals surface area contributed by atoms with E-state index in [1.54, 1.807) is 6.07 Å². The molecular weight excluding hydrogens is 214 g/mol. The Morgan fingerprint density at radius 2 is 2.38 bits per heavy atom. The molecule has 7 nitrogen and oxygen atoms in total. The predicted molar refractivity (Wildman–Crippen MR) is 52.0 cm³/mol. The smallest absolute Gasteiger partial charge is 0.312 e. The molecule has 1 unspecified atom stereocenters. The molecule has 88 valence electrons. The van der Waals surface area contributed by atoms with Crippen LogP contribution in [0.4, 0.5) is 0 Å². The molecular formula is C9H13N3O4. The number of nitrogens with one attached hydrogen (secondary N) is 1. The Hall–Kier alpha value is -1.65. The van der Waals surface area contributed by atoms with Crippen LogP contribution in [0, 0.1) is 11.3 Å². The molecule has 0 spiro atoms. The van der Waals surface area contributed by atoms with E-state index in [1.807, 2.05) is 0 Å². The van der Waals surface area contributed by atoms with Crippen molar-refractivity contribution in [3.8, 4) is 6.07 Å². The van der Waals surface area contributed by atoms with Gasteiger partial charge >= 0.3 is 11.8 Å². The van der Waals surface area contributed by atoms with Gasteiger partial charge < -0.3 is 20.1 Å². The van der Waals surface area contributed by atoms with Crippen LogP contribution in [-0.4, -0.2) is 60.8 Å². The Bertz CT molecular complexity index is 312. The van der Waals surface area contributed by atoms with E-state index in [1.165, 1.54) is 4.90 Å². The van der Waals surface area contributed by atoms with Crippen molar-refractivity contribution in [3.63, 3.8) is 0 Å². The first-order chi connectivity index (χ1) is 7.69. The third-order valence-corrected chi connectivity index (χ3v) is 2.15. The summed E-state index contributed by atoms with van der Waals surface area (Å²) in [5.41, 5.74) is 0. The number of amides is 2. The Morgan fingerprint density at radius 3 is 3.00 bits per heavy atom. The van der Waals surface area contributed by atoms with Gasteiger partial charge in [-0.05, 0) is 0 Å². The van der Waals surface area contributed by atoms with E-state index >= 15 is 0 Å². The number of morpholine rings is 1. The van der Waals surface area contributed by atoms with Crippen molar-refractivity contribution in [2.24, 2.45) is 0 Å². The van der Waals surface area contributed by atoms with E-state index in [0.717, 1.165) is 0 Å². The highest BCUT2D eigenvalue weighted by Gasteiger charge is 2.27. The molecule has 0 aromatic heterocycles. The van der Waals surface area contributed by atoms with Crippen LogP contribution in [0.5, 0.6) is 0 Å². The lowest BCUT2D eigenvalue weighted by atomic mass is 10.3. The molecule has 2 amide bonds. The molecule has 2 N–H and O–H groups in total. The minimum absolute atomic E-state index is 0.190. The molecule has 1 aliphatic rings. The summed E-state index contributed by atoms with van der Waals surface area (Å²) in [4.78, 5) is 24.1. The average Bonchev–Trinajstić information content (AvgIpc) is 2.35. The van der Waals surface area contributed by atoms with Crippen LogP contribution in [0.1, 0.15) is 0 Å². The zero-order valence-corrected chi connectivity index (χ0v) is 8.68. The van der Waals surface area contributed by atoms with Crippen LogP contribution in [0.25, 0.3) is 0 Å². The van der Waals surface area contributed by atoms with Gasteiger partial charge in [-0.15, -0.1) is 0 Å². The zero-order chi connectivity index (χ0) is 12.0. The van der Waals surface area contributed by atoms with E-state index in [4.69, 9.17) is 15.1 Å². The summed E-state index contributed by atoms with van der Waals surface area (Å²) >= 11 is 0. The SMILES string of the molecule is N#CCNC(=O)C(=O)N1CCOC(CO)C1. The normalized spacial score (nSPS) is 20.0. The highest BCUT2D eigenvalue weighted by Crippen LogP contribution is 2.04. The molecule has 0 bridgehead atoms. The summed E-state index contributed by atoms with van der Waals surface area (Å²) in [7, 11) is 0. The monoisotopic (exact) mass is 227 g/mol. The lowest BCUT2D eigenvalue weighted by molar-refractivity contribution is -0.151. The van der Waals surface area contributed by atoms with Gasteiger partial charge in [0.1, 0.15) is 6.54 Å². The maximum Gasteiger partial charge on any atom is 0.312 e. The molecule has 1 fully saturated rings. The number of hydrogen-bond donors (Lipinski definition) is 2. The van der Waals surface area contributed by atoms with E-state index < -0.39 is 17.9 Å². The Labute approximate surface area is 92.6 Å². The number of nitriles is 1. The van der Waals surface area contributed by atoms with Crippen LogP contribution >= 0.6 is 0 Å². The first kappa shape index (κ1) is 12.4. The minimum Gasteiger partial charge on any atom is -0.394 e. The van der Waals surface area contributed by atoms with E-state index in [2.05, 4.69) is 5.32 Å². The highest BCUT2D eigenvalue weighted by atomic mass is 16.5. The summed E-state index contributed by atoms with van der Waals surface area (Å²) < 4.78 is 5.14. The van der Waals surface area contributed by atoms with Gasteiger partial charge in [0.2, 0.25) is 0 Å². The second-order valence-corrected chi connectivity index (χ2v) is 3.27. The Kier molecular flexibility index (Phi) is 4.69. The topological polar surface area (TPSA) is 103 Å². The molecule has 1 atom stereocenters. The molecule has 0 radical (unpaired) electrons. The Morgan fingerprint density at radius 1 is 1.62 bits per heavy atom. The zero-order valence-electron chi connectivity index (χ0n) is 8.68. The van der Waals surface area contributed by atoms with Crippen LogP contribution in [0.3, 0.4) is 0 Å². The molecule has 1 heterocycles. The summed E-state index contributed by atoms with van der Waals surface area (Å²) in [6.07, 6.45) is -0.443. The molecule has 16 heavy (non-hydrogen) atoms. The number of nitrogens with zero attached hydrogens (tertiary/aromatic N) is 2. The van der Waals surface area contributed by atoms with Crippen molar-refractivity contribution < 1.29 is 19.4 Å². The molecule has 0 aromatic rings. The largest absolute Gasteiger partial charge is 0.394 e. The van der Waals surface area contributed by atoms with Gasteiger partial charge in [-0.2, -0.15) is 5.26 Å². The number of carbonyl (C=O) groups excluding carboxylic acids is 2. The van der Waals surface area contributed by atoms with Crippen LogP contribution in [-0.2, 0) is 14.3 Å². The summed E-state index contributed by atoms with van der Waals surface area (Å²) in [5.74, 6) is -1.50. The fraction of sp³-hybridized carbons (Fsp3) is 0.667. The predicted octanol–water partition coefficient (Wildman–Crippen LogP) is -2.15. The van der Waals surface area contributed by atoms with Crippen molar-refractivity contribution in [2.45, 2.75) is 6.10 Å². The minimum atomic E-state index is -0.805. The highest BCUT2D eigenvalue weighted by molar-refractivity contribution is 6.35. The fourth-order valence-electron chi connectivity index (χ4n) is 1.35. The lowest BCUT2D eigenvalue weighted by Gasteiger charge is -2.31. The summed E-state index contributed by atoms with van der Waals surface area (Å²) in [5, 5.41) is 19.3. The summed E-state index contributed by atoms with van der Waals surface area (Å²) in [6, 6.07) is 1.71. The van der Waals surface area contributed by atoms with Crippen molar-refractivity contribution in [1.82, 2.24) is 10.2 Å². The first-order valence-corrected chi connectivity index (χ1v) is 4.85. The van der Waals surface area contributed by atoms with Gasteiger partial charge in [-0.25, -0.2) is 0 Å². The van der Waals surface area contributed by atoms with Gasteiger partial charge in [0, 0.05) is 13.1 Å². The van der Waals surface area contributed by atoms with Crippen LogP contribution in [0.2, 0.25) is 0 Å². The van der Waals surface area contributed by atoms with Gasteiger partial charge in [-0.3, -0.25) is 9.59 Å². The molecule has 0 saturated carbocycles. The molecule has 7 heteroatoms. The quantitative estimate of drug-likeness (QED) is 0.413. The number of ether oxygens (including phenoxy) is 1. The molecule has 0 aliphatic carbocycles. The first-order valence-electron chi connectivity index (χ1n) is 4.85. The Balaban J connectivity index is 2.47. The molecule has 1 saturated heterocycles. The number of carbonyl (C=O) groups is 2. The maximum atomic E-state index is 11.5. The van der Waals surface area contributed by atoms with Crippen molar-refractivity contribution >= 4 is 11.8 Å². The second-order valence-electron chi connectivity index (χ2n) is 3.27. The van der Waals surface area contributed by atoms with Crippen molar-refractivity contribution in [3.05, 3.63) is 0 Å². The standard InChI is InChI=1S/C9H13N3O4/c10-1-2-11-8(14)9(15)12-3-4-16-7(5-12)6-13/h7,13H,2-6H2,(H,11,14). The van der Waals surface area contributed by atoms with E-state index in [0.29, 0.717) is 13.2 Å². The van der Waals surface area contributed by atoms with E-state index in [9.17, 15) is 9.59 Å². The number of rotatable bonds is 2. The molecule has 0 aromatic carbocycles.